The highest BCUT2D eigenvalue weighted by molar-refractivity contribution is 14.1. The molecule has 0 unspecified atom stereocenters. The minimum atomic E-state index is -0.0253. The maximum Gasteiger partial charge on any atom is 0.238 e. The summed E-state index contributed by atoms with van der Waals surface area (Å²) in [6, 6.07) is 16.0. The number of carbonyl (C=O) groups is 1. The first-order valence-electron chi connectivity index (χ1n) is 8.24. The van der Waals surface area contributed by atoms with E-state index < -0.39 is 0 Å². The van der Waals surface area contributed by atoms with Gasteiger partial charge < -0.3 is 5.32 Å². The molecule has 1 aromatic heterocycles. The Labute approximate surface area is 166 Å². The van der Waals surface area contributed by atoms with Crippen LogP contribution in [0.1, 0.15) is 18.5 Å². The summed E-state index contributed by atoms with van der Waals surface area (Å²) < 4.78 is 2.74. The quantitative estimate of drug-likeness (QED) is 0.571. The van der Waals surface area contributed by atoms with Gasteiger partial charge in [-0.1, -0.05) is 24.3 Å². The number of nitrogens with zero attached hydrogens (tertiary/aromatic N) is 4. The van der Waals surface area contributed by atoms with E-state index in [4.69, 9.17) is 0 Å². The van der Waals surface area contributed by atoms with E-state index >= 15 is 0 Å². The Balaban J connectivity index is 1.61. The fourth-order valence-corrected chi connectivity index (χ4v) is 3.14. The number of para-hydroxylation sites is 1. The molecule has 1 heterocycles. The van der Waals surface area contributed by atoms with Crippen molar-refractivity contribution in [2.45, 2.75) is 13.0 Å². The van der Waals surface area contributed by atoms with Gasteiger partial charge in [-0.2, -0.15) is 5.10 Å². The van der Waals surface area contributed by atoms with E-state index in [1.165, 1.54) is 6.33 Å². The maximum absolute atomic E-state index is 12.3. The molecule has 0 saturated carbocycles. The first-order chi connectivity index (χ1) is 12.5. The fourth-order valence-electron chi connectivity index (χ4n) is 2.62. The van der Waals surface area contributed by atoms with E-state index in [1.54, 1.807) is 11.0 Å². The van der Waals surface area contributed by atoms with Gasteiger partial charge in [-0.05, 0) is 66.4 Å². The maximum atomic E-state index is 12.3. The predicted octanol–water partition coefficient (Wildman–Crippen LogP) is 3.50. The summed E-state index contributed by atoms with van der Waals surface area (Å²) in [4.78, 5) is 18.3. The van der Waals surface area contributed by atoms with Crippen LogP contribution >= 0.6 is 22.6 Å². The molecule has 1 amide bonds. The van der Waals surface area contributed by atoms with E-state index in [1.807, 2.05) is 48.3 Å². The largest absolute Gasteiger partial charge is 0.324 e. The van der Waals surface area contributed by atoms with Crippen molar-refractivity contribution in [3.8, 4) is 5.69 Å². The number of likely N-dealkylation sites (N-methyl/N-ethyl adjacent to an activating group) is 1. The lowest BCUT2D eigenvalue weighted by molar-refractivity contribution is -0.117. The number of nitrogens with one attached hydrogen (secondary N) is 1. The third kappa shape index (κ3) is 4.47. The minimum Gasteiger partial charge on any atom is -0.324 e. The molecule has 0 bridgehead atoms. The van der Waals surface area contributed by atoms with Crippen LogP contribution in [-0.2, 0) is 4.79 Å². The van der Waals surface area contributed by atoms with Crippen molar-refractivity contribution in [1.29, 1.82) is 0 Å². The molecule has 0 aliphatic heterocycles. The number of carbonyl (C=O) groups excluding carboxylic acids is 1. The van der Waals surface area contributed by atoms with Crippen LogP contribution in [0.4, 0.5) is 5.69 Å². The Kier molecular flexibility index (Phi) is 6.00. The molecular weight excluding hydrogens is 441 g/mol. The van der Waals surface area contributed by atoms with Crippen LogP contribution in [0.3, 0.4) is 0 Å². The van der Waals surface area contributed by atoms with Crippen molar-refractivity contribution in [2.24, 2.45) is 0 Å². The molecule has 0 radical (unpaired) electrons. The second-order valence-electron chi connectivity index (χ2n) is 6.05. The predicted molar refractivity (Wildman–Crippen MR) is 110 cm³/mol. The van der Waals surface area contributed by atoms with Gasteiger partial charge in [0.25, 0.3) is 0 Å². The van der Waals surface area contributed by atoms with Gasteiger partial charge in [0.05, 0.1) is 17.9 Å². The number of hydrogen-bond donors (Lipinski definition) is 1. The minimum absolute atomic E-state index is 0.0253. The molecule has 6 nitrogen and oxygen atoms in total. The Morgan fingerprint density at radius 2 is 1.96 bits per heavy atom. The Morgan fingerprint density at radius 3 is 2.62 bits per heavy atom. The van der Waals surface area contributed by atoms with Crippen molar-refractivity contribution < 1.29 is 4.79 Å². The molecule has 26 heavy (non-hydrogen) atoms. The lowest BCUT2D eigenvalue weighted by Gasteiger charge is -2.24. The van der Waals surface area contributed by atoms with Crippen LogP contribution in [0, 0.1) is 3.57 Å². The standard InChI is InChI=1S/C19H20IN5O/c1-14(15-7-9-16(10-8-15)25-13-21-12-22-25)24(2)11-19(26)23-18-6-4-3-5-17(18)20/h3-10,12-14H,11H2,1-2H3,(H,23,26)/t14-/m0/s1. The first-order valence-corrected chi connectivity index (χ1v) is 9.32. The third-order valence-electron chi connectivity index (χ3n) is 4.26. The molecule has 0 fully saturated rings. The van der Waals surface area contributed by atoms with Crippen LogP contribution in [0.15, 0.2) is 61.2 Å². The number of anilines is 1. The molecule has 0 aliphatic rings. The Hall–Kier alpha value is -2.26. The Morgan fingerprint density at radius 1 is 1.23 bits per heavy atom. The third-order valence-corrected chi connectivity index (χ3v) is 5.20. The number of aromatic nitrogens is 3. The summed E-state index contributed by atoms with van der Waals surface area (Å²) in [7, 11) is 1.95. The highest BCUT2D eigenvalue weighted by Crippen LogP contribution is 2.21. The van der Waals surface area contributed by atoms with Gasteiger partial charge in [0, 0.05) is 9.61 Å². The summed E-state index contributed by atoms with van der Waals surface area (Å²) in [6.45, 7) is 2.40. The van der Waals surface area contributed by atoms with Gasteiger partial charge >= 0.3 is 0 Å². The second kappa shape index (κ2) is 8.41. The summed E-state index contributed by atoms with van der Waals surface area (Å²) in [5.41, 5.74) is 2.94. The van der Waals surface area contributed by atoms with E-state index in [9.17, 15) is 4.79 Å². The molecule has 1 atom stereocenters. The first kappa shape index (κ1) is 18.5. The second-order valence-corrected chi connectivity index (χ2v) is 7.21. The summed E-state index contributed by atoms with van der Waals surface area (Å²) >= 11 is 2.22. The molecule has 0 aliphatic carbocycles. The summed E-state index contributed by atoms with van der Waals surface area (Å²) in [6.07, 6.45) is 3.18. The van der Waals surface area contributed by atoms with Gasteiger partial charge in [0.1, 0.15) is 12.7 Å². The average molecular weight is 461 g/mol. The van der Waals surface area contributed by atoms with Gasteiger partial charge in [0.15, 0.2) is 0 Å². The highest BCUT2D eigenvalue weighted by Gasteiger charge is 2.15. The van der Waals surface area contributed by atoms with Crippen molar-refractivity contribution in [2.75, 3.05) is 18.9 Å². The number of amides is 1. The lowest BCUT2D eigenvalue weighted by Crippen LogP contribution is -2.32. The zero-order chi connectivity index (χ0) is 18.5. The van der Waals surface area contributed by atoms with Crippen molar-refractivity contribution in [3.63, 3.8) is 0 Å². The van der Waals surface area contributed by atoms with Crippen LogP contribution in [0.2, 0.25) is 0 Å². The smallest absolute Gasteiger partial charge is 0.238 e. The fraction of sp³-hybridized carbons (Fsp3) is 0.211. The zero-order valence-electron chi connectivity index (χ0n) is 14.6. The number of halogens is 1. The van der Waals surface area contributed by atoms with E-state index in [2.05, 4.69) is 57.0 Å². The molecule has 3 rings (SSSR count). The van der Waals surface area contributed by atoms with Gasteiger partial charge in [-0.3, -0.25) is 9.69 Å². The molecular formula is C19H20IN5O. The van der Waals surface area contributed by atoms with Gasteiger partial charge in [-0.15, -0.1) is 0 Å². The van der Waals surface area contributed by atoms with Gasteiger partial charge in [-0.25, -0.2) is 9.67 Å². The van der Waals surface area contributed by atoms with Gasteiger partial charge in [0.2, 0.25) is 5.91 Å². The molecule has 1 N–H and O–H groups in total. The molecule has 7 heteroatoms. The normalized spacial score (nSPS) is 12.2. The van der Waals surface area contributed by atoms with Crippen LogP contribution < -0.4 is 5.32 Å². The lowest BCUT2D eigenvalue weighted by atomic mass is 10.1. The van der Waals surface area contributed by atoms with E-state index in [-0.39, 0.29) is 11.9 Å². The van der Waals surface area contributed by atoms with Crippen LogP contribution in [0.25, 0.3) is 5.69 Å². The van der Waals surface area contributed by atoms with Crippen LogP contribution in [0.5, 0.6) is 0 Å². The van der Waals surface area contributed by atoms with Crippen molar-refractivity contribution in [1.82, 2.24) is 19.7 Å². The number of rotatable bonds is 6. The summed E-state index contributed by atoms with van der Waals surface area (Å²) in [5, 5.41) is 7.09. The molecule has 134 valence electrons. The molecule has 2 aromatic carbocycles. The molecule has 3 aromatic rings. The number of hydrogen-bond acceptors (Lipinski definition) is 4. The monoisotopic (exact) mass is 461 g/mol. The van der Waals surface area contributed by atoms with Crippen molar-refractivity contribution >= 4 is 34.2 Å². The zero-order valence-corrected chi connectivity index (χ0v) is 16.8. The highest BCUT2D eigenvalue weighted by atomic mass is 127. The SMILES string of the molecule is C[C@@H](c1ccc(-n2cncn2)cc1)N(C)CC(=O)Nc1ccccc1I. The van der Waals surface area contributed by atoms with Crippen LogP contribution in [-0.4, -0.2) is 39.2 Å². The number of benzene rings is 2. The van der Waals surface area contributed by atoms with E-state index in [0.29, 0.717) is 6.54 Å². The topological polar surface area (TPSA) is 63.1 Å². The molecule has 0 spiro atoms. The van der Waals surface area contributed by atoms with E-state index in [0.717, 1.165) is 20.5 Å². The average Bonchev–Trinajstić information content (AvgIpc) is 3.18. The summed E-state index contributed by atoms with van der Waals surface area (Å²) in [5.74, 6) is -0.0253. The Bertz CT molecular complexity index is 864. The van der Waals surface area contributed by atoms with Crippen molar-refractivity contribution in [3.05, 3.63) is 70.3 Å². The molecule has 0 saturated heterocycles.